The van der Waals surface area contributed by atoms with Gasteiger partial charge >= 0.3 is 12.3 Å². The van der Waals surface area contributed by atoms with Crippen molar-refractivity contribution in [2.75, 3.05) is 6.54 Å². The van der Waals surface area contributed by atoms with E-state index in [4.69, 9.17) is 4.74 Å². The molecule has 0 aromatic rings. The lowest BCUT2D eigenvalue weighted by Gasteiger charge is -2.40. The van der Waals surface area contributed by atoms with Crippen molar-refractivity contribution < 1.29 is 27.8 Å². The van der Waals surface area contributed by atoms with E-state index in [1.165, 1.54) is 0 Å². The molecule has 0 aromatic heterocycles. The Labute approximate surface area is 104 Å². The fraction of sp³-hybridized carbons (Fsp3) is 0.909. The summed E-state index contributed by atoms with van der Waals surface area (Å²) in [6.45, 7) is 4.67. The number of hydrogen-bond donors (Lipinski definition) is 1. The molecule has 0 unspecified atom stereocenters. The molecule has 18 heavy (non-hydrogen) atoms. The lowest BCUT2D eigenvalue weighted by atomic mass is 9.99. The first-order chi connectivity index (χ1) is 8.02. The van der Waals surface area contributed by atoms with Crippen molar-refractivity contribution in [3.63, 3.8) is 0 Å². The number of ether oxygens (including phenoxy) is 1. The molecule has 106 valence electrons. The van der Waals surface area contributed by atoms with Crippen molar-refractivity contribution >= 4 is 6.09 Å². The zero-order valence-electron chi connectivity index (χ0n) is 10.6. The van der Waals surface area contributed by atoms with E-state index < -0.39 is 30.0 Å². The maximum atomic E-state index is 12.8. The van der Waals surface area contributed by atoms with E-state index in [-0.39, 0.29) is 13.0 Å². The van der Waals surface area contributed by atoms with Gasteiger partial charge in [-0.25, -0.2) is 4.79 Å². The SMILES string of the molecule is CC(C)(C)OC(=O)N1CCC[C@@H](O)[C@H]1C(F)(F)F. The monoisotopic (exact) mass is 269 g/mol. The summed E-state index contributed by atoms with van der Waals surface area (Å²) in [6.07, 6.45) is -6.93. The lowest BCUT2D eigenvalue weighted by molar-refractivity contribution is -0.212. The highest BCUT2D eigenvalue weighted by molar-refractivity contribution is 5.69. The quantitative estimate of drug-likeness (QED) is 0.734. The molecular weight excluding hydrogens is 251 g/mol. The van der Waals surface area contributed by atoms with Gasteiger partial charge in [0, 0.05) is 6.54 Å². The van der Waals surface area contributed by atoms with Gasteiger partial charge in [0.05, 0.1) is 6.10 Å². The number of aliphatic hydroxyl groups excluding tert-OH is 1. The van der Waals surface area contributed by atoms with Gasteiger partial charge < -0.3 is 9.84 Å². The van der Waals surface area contributed by atoms with E-state index in [2.05, 4.69) is 0 Å². The number of alkyl halides is 3. The molecule has 1 rings (SSSR count). The first kappa shape index (κ1) is 15.1. The van der Waals surface area contributed by atoms with Crippen molar-refractivity contribution in [3.05, 3.63) is 0 Å². The van der Waals surface area contributed by atoms with Crippen LogP contribution in [0.2, 0.25) is 0 Å². The highest BCUT2D eigenvalue weighted by Crippen LogP contribution is 2.33. The molecule has 0 radical (unpaired) electrons. The van der Waals surface area contributed by atoms with Crippen LogP contribution in [-0.4, -0.2) is 46.6 Å². The van der Waals surface area contributed by atoms with E-state index in [9.17, 15) is 23.1 Å². The zero-order valence-corrected chi connectivity index (χ0v) is 10.6. The number of piperidine rings is 1. The molecule has 7 heteroatoms. The number of likely N-dealkylation sites (tertiary alicyclic amines) is 1. The Morgan fingerprint density at radius 1 is 1.33 bits per heavy atom. The Hall–Kier alpha value is -0.980. The zero-order chi connectivity index (χ0) is 14.1. The maximum Gasteiger partial charge on any atom is 0.411 e. The average Bonchev–Trinajstić information content (AvgIpc) is 2.12. The molecule has 1 heterocycles. The Kier molecular flexibility index (Phi) is 4.15. The number of carbonyl (C=O) groups is 1. The van der Waals surface area contributed by atoms with Crippen LogP contribution in [0.4, 0.5) is 18.0 Å². The summed E-state index contributed by atoms with van der Waals surface area (Å²) >= 11 is 0. The van der Waals surface area contributed by atoms with Crippen molar-refractivity contribution in [1.29, 1.82) is 0 Å². The van der Waals surface area contributed by atoms with Crippen LogP contribution in [0, 0.1) is 0 Å². The summed E-state index contributed by atoms with van der Waals surface area (Å²) in [5.41, 5.74) is -0.865. The van der Waals surface area contributed by atoms with Gasteiger partial charge in [-0.3, -0.25) is 4.90 Å². The molecule has 0 aromatic carbocycles. The van der Waals surface area contributed by atoms with Crippen LogP contribution in [0.3, 0.4) is 0 Å². The lowest BCUT2D eigenvalue weighted by Crippen LogP contribution is -2.58. The van der Waals surface area contributed by atoms with E-state index in [1.807, 2.05) is 0 Å². The van der Waals surface area contributed by atoms with Crippen LogP contribution >= 0.6 is 0 Å². The molecule has 1 saturated heterocycles. The van der Waals surface area contributed by atoms with Gasteiger partial charge in [0.25, 0.3) is 0 Å². The Bertz CT molecular complexity index is 312. The van der Waals surface area contributed by atoms with E-state index >= 15 is 0 Å². The number of aliphatic hydroxyl groups is 1. The van der Waals surface area contributed by atoms with Crippen LogP contribution in [-0.2, 0) is 4.74 Å². The largest absolute Gasteiger partial charge is 0.444 e. The fourth-order valence-electron chi connectivity index (χ4n) is 1.90. The van der Waals surface area contributed by atoms with Crippen LogP contribution in [0.1, 0.15) is 33.6 Å². The normalized spacial score (nSPS) is 26.1. The van der Waals surface area contributed by atoms with Crippen LogP contribution < -0.4 is 0 Å². The van der Waals surface area contributed by atoms with Crippen LogP contribution in [0.25, 0.3) is 0 Å². The number of carbonyl (C=O) groups excluding carboxylic acids is 1. The van der Waals surface area contributed by atoms with Gasteiger partial charge in [-0.05, 0) is 33.6 Å². The molecule has 0 bridgehead atoms. The summed E-state index contributed by atoms with van der Waals surface area (Å²) in [7, 11) is 0. The number of rotatable bonds is 0. The Morgan fingerprint density at radius 2 is 1.89 bits per heavy atom. The molecule has 1 aliphatic heterocycles. The van der Waals surface area contributed by atoms with Gasteiger partial charge in [0.1, 0.15) is 5.60 Å². The topological polar surface area (TPSA) is 49.8 Å². The van der Waals surface area contributed by atoms with E-state index in [0.29, 0.717) is 11.3 Å². The highest BCUT2D eigenvalue weighted by atomic mass is 19.4. The molecule has 1 fully saturated rings. The smallest absolute Gasteiger partial charge is 0.411 e. The molecule has 4 nitrogen and oxygen atoms in total. The molecule has 0 spiro atoms. The van der Waals surface area contributed by atoms with Crippen LogP contribution in [0.15, 0.2) is 0 Å². The molecule has 1 N–H and O–H groups in total. The summed E-state index contributed by atoms with van der Waals surface area (Å²) in [5.74, 6) is 0. The highest BCUT2D eigenvalue weighted by Gasteiger charge is 2.52. The minimum atomic E-state index is -4.66. The molecule has 1 amide bonds. The van der Waals surface area contributed by atoms with Gasteiger partial charge in [-0.15, -0.1) is 0 Å². The summed E-state index contributed by atoms with van der Waals surface area (Å²) in [6, 6.07) is -2.18. The molecule has 0 aliphatic carbocycles. The van der Waals surface area contributed by atoms with Crippen molar-refractivity contribution in [2.24, 2.45) is 0 Å². The van der Waals surface area contributed by atoms with E-state index in [0.717, 1.165) is 0 Å². The second-order valence-electron chi connectivity index (χ2n) is 5.37. The molecular formula is C11H18F3NO3. The molecule has 0 saturated carbocycles. The van der Waals surface area contributed by atoms with E-state index in [1.54, 1.807) is 20.8 Å². The van der Waals surface area contributed by atoms with Crippen LogP contribution in [0.5, 0.6) is 0 Å². The second-order valence-corrected chi connectivity index (χ2v) is 5.37. The Morgan fingerprint density at radius 3 is 2.33 bits per heavy atom. The van der Waals surface area contributed by atoms with Gasteiger partial charge in [0.15, 0.2) is 6.04 Å². The maximum absolute atomic E-state index is 12.8. The number of hydrogen-bond acceptors (Lipinski definition) is 3. The van der Waals surface area contributed by atoms with Crippen molar-refractivity contribution in [3.8, 4) is 0 Å². The third-order valence-electron chi connectivity index (χ3n) is 2.56. The standard InChI is InChI=1S/C11H18F3NO3/c1-10(2,3)18-9(17)15-6-4-5-7(16)8(15)11(12,13)14/h7-8,16H,4-6H2,1-3H3/t7-,8+/m1/s1. The molecule has 2 atom stereocenters. The van der Waals surface area contributed by atoms with Gasteiger partial charge in [-0.2, -0.15) is 13.2 Å². The average molecular weight is 269 g/mol. The second kappa shape index (κ2) is 4.95. The van der Waals surface area contributed by atoms with Gasteiger partial charge in [-0.1, -0.05) is 0 Å². The summed E-state index contributed by atoms with van der Waals surface area (Å²) in [5, 5.41) is 9.45. The summed E-state index contributed by atoms with van der Waals surface area (Å²) in [4.78, 5) is 12.3. The van der Waals surface area contributed by atoms with Crippen molar-refractivity contribution in [2.45, 2.75) is 57.5 Å². The van der Waals surface area contributed by atoms with Gasteiger partial charge in [0.2, 0.25) is 0 Å². The summed E-state index contributed by atoms with van der Waals surface area (Å²) < 4.78 is 43.4. The predicted octanol–water partition coefficient (Wildman–Crippen LogP) is 2.31. The third kappa shape index (κ3) is 3.76. The van der Waals surface area contributed by atoms with Crippen molar-refractivity contribution in [1.82, 2.24) is 4.90 Å². The minimum absolute atomic E-state index is 0.0312. The predicted molar refractivity (Wildman–Crippen MR) is 58.0 cm³/mol. The molecule has 1 aliphatic rings. The first-order valence-corrected chi connectivity index (χ1v) is 5.77. The third-order valence-corrected chi connectivity index (χ3v) is 2.56. The number of nitrogens with zero attached hydrogens (tertiary/aromatic N) is 1. The fourth-order valence-corrected chi connectivity index (χ4v) is 1.90. The Balaban J connectivity index is 2.87. The number of halogens is 3. The first-order valence-electron chi connectivity index (χ1n) is 5.77. The number of amides is 1. The minimum Gasteiger partial charge on any atom is -0.444 e.